The van der Waals surface area contributed by atoms with Gasteiger partial charge in [0.25, 0.3) is 5.91 Å². The van der Waals surface area contributed by atoms with Crippen molar-refractivity contribution in [2.24, 2.45) is 0 Å². The summed E-state index contributed by atoms with van der Waals surface area (Å²) in [4.78, 5) is 31.5. The molecule has 0 aliphatic carbocycles. The summed E-state index contributed by atoms with van der Waals surface area (Å²) in [6.07, 6.45) is 1.78. The molecule has 7 nitrogen and oxygen atoms in total. The van der Waals surface area contributed by atoms with Crippen LogP contribution in [0.3, 0.4) is 0 Å². The van der Waals surface area contributed by atoms with Gasteiger partial charge in [0.15, 0.2) is 11.4 Å². The highest BCUT2D eigenvalue weighted by Crippen LogP contribution is 2.31. The Morgan fingerprint density at radius 3 is 2.45 bits per heavy atom. The van der Waals surface area contributed by atoms with Crippen molar-refractivity contribution in [3.8, 4) is 5.75 Å². The summed E-state index contributed by atoms with van der Waals surface area (Å²) >= 11 is 6.14. The van der Waals surface area contributed by atoms with Crippen LogP contribution in [0.1, 0.15) is 16.1 Å². The minimum atomic E-state index is -1.21. The van der Waals surface area contributed by atoms with E-state index in [4.69, 9.17) is 11.6 Å². The SMILES string of the molecule is O=C(N[C@@H](Cc1c[nH]c2ccccc12)C(=O)O)c1nc(Cl)c2ccccc2c1O. The first-order chi connectivity index (χ1) is 14.0. The lowest BCUT2D eigenvalue weighted by molar-refractivity contribution is -0.139. The Morgan fingerprint density at radius 2 is 1.72 bits per heavy atom. The molecule has 2 heterocycles. The third-order valence-electron chi connectivity index (χ3n) is 4.76. The van der Waals surface area contributed by atoms with E-state index in [2.05, 4.69) is 15.3 Å². The minimum Gasteiger partial charge on any atom is -0.505 e. The number of carbonyl (C=O) groups excluding carboxylic acids is 1. The van der Waals surface area contributed by atoms with Crippen molar-refractivity contribution in [1.29, 1.82) is 0 Å². The highest BCUT2D eigenvalue weighted by molar-refractivity contribution is 6.34. The number of fused-ring (bicyclic) bond motifs is 2. The zero-order valence-corrected chi connectivity index (χ0v) is 15.8. The van der Waals surface area contributed by atoms with Crippen molar-refractivity contribution >= 4 is 45.2 Å². The number of pyridine rings is 1. The number of benzene rings is 2. The number of carboxylic acid groups (broad SMARTS) is 1. The van der Waals surface area contributed by atoms with Gasteiger partial charge in [-0.05, 0) is 11.6 Å². The van der Waals surface area contributed by atoms with Crippen LogP contribution in [-0.4, -0.2) is 38.1 Å². The predicted octanol–water partition coefficient (Wildman–Crippen LogP) is 3.50. The zero-order valence-electron chi connectivity index (χ0n) is 15.0. The molecule has 0 fully saturated rings. The number of aromatic hydroxyl groups is 1. The minimum absolute atomic E-state index is 0.0482. The number of carbonyl (C=O) groups is 2. The van der Waals surface area contributed by atoms with Gasteiger partial charge in [-0.3, -0.25) is 4.79 Å². The normalized spacial score (nSPS) is 12.2. The number of aliphatic carboxylic acids is 1. The van der Waals surface area contributed by atoms with E-state index in [9.17, 15) is 19.8 Å². The summed E-state index contributed by atoms with van der Waals surface area (Å²) in [5.74, 6) is -2.36. The number of aromatic nitrogens is 2. The van der Waals surface area contributed by atoms with Gasteiger partial charge in [-0.1, -0.05) is 54.1 Å². The van der Waals surface area contributed by atoms with Gasteiger partial charge in [0.05, 0.1) is 0 Å². The van der Waals surface area contributed by atoms with Crippen molar-refractivity contribution in [2.45, 2.75) is 12.5 Å². The van der Waals surface area contributed by atoms with E-state index in [0.717, 1.165) is 16.5 Å². The van der Waals surface area contributed by atoms with Crippen LogP contribution in [0.4, 0.5) is 0 Å². The number of aromatic amines is 1. The number of para-hydroxylation sites is 1. The Balaban J connectivity index is 1.64. The van der Waals surface area contributed by atoms with Crippen LogP contribution in [0.2, 0.25) is 5.15 Å². The summed E-state index contributed by atoms with van der Waals surface area (Å²) in [7, 11) is 0. The molecule has 8 heteroatoms. The van der Waals surface area contributed by atoms with Gasteiger partial charge >= 0.3 is 5.97 Å². The van der Waals surface area contributed by atoms with E-state index in [1.807, 2.05) is 24.3 Å². The molecule has 4 rings (SSSR count). The van der Waals surface area contributed by atoms with Crippen molar-refractivity contribution in [2.75, 3.05) is 0 Å². The number of rotatable bonds is 5. The molecule has 2 aromatic carbocycles. The molecule has 0 saturated heterocycles. The van der Waals surface area contributed by atoms with Crippen molar-refractivity contribution in [3.05, 3.63) is 71.1 Å². The topological polar surface area (TPSA) is 115 Å². The number of nitrogens with zero attached hydrogens (tertiary/aromatic N) is 1. The molecule has 0 aliphatic rings. The fourth-order valence-corrected chi connectivity index (χ4v) is 3.56. The third kappa shape index (κ3) is 3.48. The average Bonchev–Trinajstić information content (AvgIpc) is 3.13. The highest BCUT2D eigenvalue weighted by atomic mass is 35.5. The van der Waals surface area contributed by atoms with Crippen LogP contribution in [0.15, 0.2) is 54.7 Å². The lowest BCUT2D eigenvalue weighted by Gasteiger charge is -2.15. The van der Waals surface area contributed by atoms with Crippen molar-refractivity contribution in [1.82, 2.24) is 15.3 Å². The van der Waals surface area contributed by atoms with Gasteiger partial charge in [-0.15, -0.1) is 0 Å². The largest absolute Gasteiger partial charge is 0.505 e. The Labute approximate surface area is 170 Å². The summed E-state index contributed by atoms with van der Waals surface area (Å²) in [5, 5.41) is 24.3. The summed E-state index contributed by atoms with van der Waals surface area (Å²) in [6, 6.07) is 13.0. The molecule has 1 amide bonds. The van der Waals surface area contributed by atoms with Gasteiger partial charge in [-0.2, -0.15) is 0 Å². The molecule has 0 bridgehead atoms. The molecule has 0 aliphatic heterocycles. The maximum absolute atomic E-state index is 12.7. The number of halogens is 1. The second kappa shape index (κ2) is 7.44. The molecule has 4 aromatic rings. The molecular formula is C21H16ClN3O4. The van der Waals surface area contributed by atoms with Gasteiger partial charge in [0.2, 0.25) is 0 Å². The van der Waals surface area contributed by atoms with E-state index in [-0.39, 0.29) is 23.0 Å². The van der Waals surface area contributed by atoms with Crippen LogP contribution in [0, 0.1) is 0 Å². The maximum Gasteiger partial charge on any atom is 0.326 e. The Bertz CT molecular complexity index is 1250. The van der Waals surface area contributed by atoms with E-state index in [1.54, 1.807) is 30.5 Å². The summed E-state index contributed by atoms with van der Waals surface area (Å²) < 4.78 is 0. The highest BCUT2D eigenvalue weighted by Gasteiger charge is 2.26. The number of amides is 1. The first kappa shape index (κ1) is 18.8. The average molecular weight is 410 g/mol. The first-order valence-electron chi connectivity index (χ1n) is 8.81. The van der Waals surface area contributed by atoms with Crippen LogP contribution in [0.5, 0.6) is 5.75 Å². The van der Waals surface area contributed by atoms with E-state index in [1.165, 1.54) is 0 Å². The molecule has 1 atom stereocenters. The molecule has 0 spiro atoms. The van der Waals surface area contributed by atoms with Crippen LogP contribution in [0.25, 0.3) is 21.7 Å². The van der Waals surface area contributed by atoms with E-state index < -0.39 is 17.9 Å². The van der Waals surface area contributed by atoms with Crippen molar-refractivity contribution in [3.63, 3.8) is 0 Å². The molecule has 4 N–H and O–H groups in total. The Kier molecular flexibility index (Phi) is 4.82. The number of H-pyrrole nitrogens is 1. The van der Waals surface area contributed by atoms with E-state index in [0.29, 0.717) is 10.8 Å². The van der Waals surface area contributed by atoms with Crippen LogP contribution < -0.4 is 5.32 Å². The Hall–Kier alpha value is -3.58. The summed E-state index contributed by atoms with van der Waals surface area (Å²) in [6.45, 7) is 0. The number of hydrogen-bond donors (Lipinski definition) is 4. The van der Waals surface area contributed by atoms with Crippen LogP contribution in [-0.2, 0) is 11.2 Å². The summed E-state index contributed by atoms with van der Waals surface area (Å²) in [5.41, 5.74) is 1.31. The Morgan fingerprint density at radius 1 is 1.07 bits per heavy atom. The third-order valence-corrected chi connectivity index (χ3v) is 5.04. The smallest absolute Gasteiger partial charge is 0.326 e. The molecule has 146 valence electrons. The van der Waals surface area contributed by atoms with E-state index >= 15 is 0 Å². The van der Waals surface area contributed by atoms with Crippen LogP contribution >= 0.6 is 11.6 Å². The molecule has 0 radical (unpaired) electrons. The van der Waals surface area contributed by atoms with Gasteiger partial charge < -0.3 is 20.5 Å². The molecule has 2 aromatic heterocycles. The maximum atomic E-state index is 12.7. The standard InChI is InChI=1S/C21H16ClN3O4/c22-19-14-7-2-1-6-13(14)18(26)17(25-19)20(27)24-16(21(28)29)9-11-10-23-15-8-4-3-5-12(11)15/h1-8,10,16,23,26H,9H2,(H,24,27)(H,28,29)/t16-/m0/s1. The number of hydrogen-bond acceptors (Lipinski definition) is 4. The monoisotopic (exact) mass is 409 g/mol. The predicted molar refractivity (Wildman–Crippen MR) is 109 cm³/mol. The quantitative estimate of drug-likeness (QED) is 0.376. The fourth-order valence-electron chi connectivity index (χ4n) is 3.31. The molecular weight excluding hydrogens is 394 g/mol. The second-order valence-electron chi connectivity index (χ2n) is 6.57. The molecule has 0 unspecified atom stereocenters. The zero-order chi connectivity index (χ0) is 20.5. The molecule has 0 saturated carbocycles. The van der Waals surface area contributed by atoms with Gasteiger partial charge in [-0.25, -0.2) is 9.78 Å². The number of nitrogens with one attached hydrogen (secondary N) is 2. The van der Waals surface area contributed by atoms with Crippen molar-refractivity contribution < 1.29 is 19.8 Å². The lowest BCUT2D eigenvalue weighted by Crippen LogP contribution is -2.42. The first-order valence-corrected chi connectivity index (χ1v) is 9.19. The fraction of sp³-hybridized carbons (Fsp3) is 0.0952. The van der Waals surface area contributed by atoms with Gasteiger partial charge in [0.1, 0.15) is 11.2 Å². The number of carboxylic acids is 1. The van der Waals surface area contributed by atoms with Gasteiger partial charge in [0, 0.05) is 34.3 Å². The lowest BCUT2D eigenvalue weighted by atomic mass is 10.0. The molecule has 29 heavy (non-hydrogen) atoms. The second-order valence-corrected chi connectivity index (χ2v) is 6.93.